The van der Waals surface area contributed by atoms with Crippen molar-refractivity contribution in [1.29, 1.82) is 0 Å². The predicted octanol–water partition coefficient (Wildman–Crippen LogP) is 0.268. The van der Waals surface area contributed by atoms with Gasteiger partial charge in [-0.05, 0) is 11.4 Å². The van der Waals surface area contributed by atoms with E-state index in [0.717, 1.165) is 0 Å². The van der Waals surface area contributed by atoms with Crippen molar-refractivity contribution in [1.82, 2.24) is 0 Å². The van der Waals surface area contributed by atoms with E-state index in [0.29, 0.717) is 0 Å². The van der Waals surface area contributed by atoms with Gasteiger partial charge in [0.1, 0.15) is 6.61 Å². The van der Waals surface area contributed by atoms with Gasteiger partial charge in [0, 0.05) is 0 Å². The topological polar surface area (TPSA) is 29.5 Å². The van der Waals surface area contributed by atoms with Crippen LogP contribution < -0.4 is 0 Å². The monoisotopic (exact) mass is 94.0 g/mol. The molecule has 0 radical (unpaired) electrons. The molecule has 0 fully saturated rings. The first-order valence-corrected chi connectivity index (χ1v) is 1.69. The van der Waals surface area contributed by atoms with Crippen LogP contribution in [0.25, 0.3) is 0 Å². The van der Waals surface area contributed by atoms with Gasteiger partial charge in [0.2, 0.25) is 0 Å². The molecule has 2 nitrogen and oxygen atoms in total. The summed E-state index contributed by atoms with van der Waals surface area (Å²) in [4.78, 5) is 3.05. The molecule has 0 rings (SSSR count). The fourth-order valence-corrected chi connectivity index (χ4v) is 0.0912. The highest BCUT2D eigenvalue weighted by Gasteiger charge is 1.90. The molecular formula is C3H7FO2. The van der Waals surface area contributed by atoms with Crippen molar-refractivity contribution >= 4 is 0 Å². The van der Waals surface area contributed by atoms with Gasteiger partial charge in [-0.1, -0.05) is 0 Å². The molecule has 0 bridgehead atoms. The van der Waals surface area contributed by atoms with Crippen molar-refractivity contribution in [3.05, 3.63) is 0 Å². The summed E-state index contributed by atoms with van der Waals surface area (Å²) < 4.78 is 10.6. The fraction of sp³-hybridized carbons (Fsp3) is 1.00. The molecule has 0 heterocycles. The molecule has 0 aliphatic carbocycles. The number of hydrogen-bond donors (Lipinski definition) is 1. The zero-order valence-electron chi connectivity index (χ0n) is 3.52. The number of rotatable bonds is 2. The molecule has 0 saturated carbocycles. The van der Waals surface area contributed by atoms with Crippen molar-refractivity contribution in [2.24, 2.45) is 0 Å². The molecule has 0 aromatic rings. The second kappa shape index (κ2) is 3.06. The minimum absolute atomic E-state index is 0.236. The molecule has 0 aromatic carbocycles. The van der Waals surface area contributed by atoms with E-state index < -0.39 is 6.10 Å². The Bertz CT molecular complexity index is 30.0. The van der Waals surface area contributed by atoms with Crippen LogP contribution in [0, 0.1) is 0 Å². The zero-order valence-corrected chi connectivity index (χ0v) is 3.52. The van der Waals surface area contributed by atoms with Crippen molar-refractivity contribution in [3.63, 3.8) is 0 Å². The second-order valence-electron chi connectivity index (χ2n) is 1.12. The quantitative estimate of drug-likeness (QED) is 0.532. The minimum atomic E-state index is -0.699. The van der Waals surface area contributed by atoms with Gasteiger partial charge in [-0.3, -0.25) is 0 Å². The van der Waals surface area contributed by atoms with Gasteiger partial charge in [-0.15, -0.1) is 0 Å². The van der Waals surface area contributed by atoms with Crippen molar-refractivity contribution < 1.29 is 14.6 Å². The lowest BCUT2D eigenvalue weighted by Crippen LogP contribution is -2.05. The summed E-state index contributed by atoms with van der Waals surface area (Å²) in [6, 6.07) is 0. The molecule has 1 atom stereocenters. The normalized spacial score (nSPS) is 14.5. The Morgan fingerprint density at radius 2 is 2.50 bits per heavy atom. The lowest BCUT2D eigenvalue weighted by Gasteiger charge is -1.93. The van der Waals surface area contributed by atoms with E-state index >= 15 is 0 Å². The summed E-state index contributed by atoms with van der Waals surface area (Å²) in [6.07, 6.45) is -0.699. The van der Waals surface area contributed by atoms with Crippen LogP contribution in [0.1, 0.15) is 6.92 Å². The van der Waals surface area contributed by atoms with E-state index in [1.54, 1.807) is 0 Å². The van der Waals surface area contributed by atoms with Gasteiger partial charge < -0.3 is 5.11 Å². The first kappa shape index (κ1) is 5.85. The molecule has 0 aliphatic rings. The van der Waals surface area contributed by atoms with Crippen LogP contribution >= 0.6 is 0 Å². The molecular weight excluding hydrogens is 87.0 g/mol. The zero-order chi connectivity index (χ0) is 4.99. The molecule has 1 N–H and O–H groups in total. The second-order valence-corrected chi connectivity index (χ2v) is 1.12. The summed E-state index contributed by atoms with van der Waals surface area (Å²) in [5, 5.41) is 8.19. The number of hydrogen-bond acceptors (Lipinski definition) is 2. The van der Waals surface area contributed by atoms with Crippen LogP contribution in [0.4, 0.5) is 4.53 Å². The van der Waals surface area contributed by atoms with Crippen LogP contribution in [0.3, 0.4) is 0 Å². The van der Waals surface area contributed by atoms with Gasteiger partial charge in [0.05, 0.1) is 6.10 Å². The minimum Gasteiger partial charge on any atom is -0.391 e. The molecule has 3 heteroatoms. The Balaban J connectivity index is 2.63. The van der Waals surface area contributed by atoms with Crippen molar-refractivity contribution in [2.75, 3.05) is 6.61 Å². The Morgan fingerprint density at radius 1 is 2.00 bits per heavy atom. The third-order valence-electron chi connectivity index (χ3n) is 0.304. The Hall–Kier alpha value is -0.150. The van der Waals surface area contributed by atoms with Gasteiger partial charge in [-0.25, -0.2) is 0 Å². The standard InChI is InChI=1S/C3H7FO2/c1-3(5)2-6-4/h3,5H,2H2,1H3. The molecule has 0 aliphatic heterocycles. The average Bonchev–Trinajstić information content (AvgIpc) is 1.35. The first-order valence-electron chi connectivity index (χ1n) is 1.69. The Kier molecular flexibility index (Phi) is 2.98. The van der Waals surface area contributed by atoms with Crippen molar-refractivity contribution in [3.8, 4) is 0 Å². The van der Waals surface area contributed by atoms with Crippen LogP contribution in [-0.2, 0) is 4.94 Å². The Labute approximate surface area is 35.4 Å². The van der Waals surface area contributed by atoms with Gasteiger partial charge in [-0.2, -0.15) is 4.94 Å². The average molecular weight is 94.1 g/mol. The van der Waals surface area contributed by atoms with E-state index in [1.165, 1.54) is 6.92 Å². The maximum Gasteiger partial charge on any atom is 0.113 e. The van der Waals surface area contributed by atoms with E-state index in [-0.39, 0.29) is 6.61 Å². The molecule has 0 amide bonds. The van der Waals surface area contributed by atoms with Gasteiger partial charge in [0.15, 0.2) is 0 Å². The van der Waals surface area contributed by atoms with Crippen LogP contribution in [0.15, 0.2) is 0 Å². The third kappa shape index (κ3) is 3.85. The summed E-state index contributed by atoms with van der Waals surface area (Å²) >= 11 is 0. The van der Waals surface area contributed by atoms with Crippen molar-refractivity contribution in [2.45, 2.75) is 13.0 Å². The van der Waals surface area contributed by atoms with Crippen LogP contribution in [0.2, 0.25) is 0 Å². The first-order chi connectivity index (χ1) is 2.77. The molecule has 0 saturated heterocycles. The molecule has 6 heavy (non-hydrogen) atoms. The number of aliphatic hydroxyl groups excluding tert-OH is 1. The lowest BCUT2D eigenvalue weighted by molar-refractivity contribution is -0.154. The highest BCUT2D eigenvalue weighted by atomic mass is 19.3. The largest absolute Gasteiger partial charge is 0.391 e. The summed E-state index contributed by atoms with van der Waals surface area (Å²) in [5.74, 6) is 0. The molecule has 0 aromatic heterocycles. The summed E-state index contributed by atoms with van der Waals surface area (Å²) in [5.41, 5.74) is 0. The predicted molar refractivity (Wildman–Crippen MR) is 18.7 cm³/mol. The molecule has 1 unspecified atom stereocenters. The van der Waals surface area contributed by atoms with E-state index in [2.05, 4.69) is 4.94 Å². The van der Waals surface area contributed by atoms with E-state index in [9.17, 15) is 4.53 Å². The van der Waals surface area contributed by atoms with E-state index in [4.69, 9.17) is 5.11 Å². The molecule has 0 spiro atoms. The van der Waals surface area contributed by atoms with Crippen LogP contribution in [0.5, 0.6) is 0 Å². The van der Waals surface area contributed by atoms with Crippen LogP contribution in [-0.4, -0.2) is 17.8 Å². The summed E-state index contributed by atoms with van der Waals surface area (Å²) in [7, 11) is 0. The number of aliphatic hydroxyl groups is 1. The maximum atomic E-state index is 10.6. The highest BCUT2D eigenvalue weighted by Crippen LogP contribution is 1.79. The summed E-state index contributed by atoms with van der Waals surface area (Å²) in [6.45, 7) is 1.21. The lowest BCUT2D eigenvalue weighted by atomic mass is 10.5. The number of halogens is 1. The maximum absolute atomic E-state index is 10.6. The van der Waals surface area contributed by atoms with Gasteiger partial charge >= 0.3 is 0 Å². The molecule has 38 valence electrons. The van der Waals surface area contributed by atoms with Gasteiger partial charge in [0.25, 0.3) is 0 Å². The fourth-order valence-electron chi connectivity index (χ4n) is 0.0912. The third-order valence-corrected chi connectivity index (χ3v) is 0.304. The van der Waals surface area contributed by atoms with E-state index in [1.807, 2.05) is 0 Å². The highest BCUT2D eigenvalue weighted by molar-refractivity contribution is 4.35. The SMILES string of the molecule is CC(O)COF. The smallest absolute Gasteiger partial charge is 0.113 e. The Morgan fingerprint density at radius 3 is 2.50 bits per heavy atom.